The molecule has 10 heteroatoms. The second-order valence-electron chi connectivity index (χ2n) is 11.8. The van der Waals surface area contributed by atoms with Gasteiger partial charge in [-0.1, -0.05) is 56.2 Å². The van der Waals surface area contributed by atoms with E-state index in [1.54, 1.807) is 6.08 Å². The third-order valence-electron chi connectivity index (χ3n) is 9.01. The van der Waals surface area contributed by atoms with Gasteiger partial charge in [0.05, 0.1) is 19.1 Å². The lowest BCUT2D eigenvalue weighted by Gasteiger charge is -2.38. The van der Waals surface area contributed by atoms with Crippen LogP contribution in [0.1, 0.15) is 83.6 Å². The molecule has 0 heterocycles. The van der Waals surface area contributed by atoms with E-state index in [0.29, 0.717) is 19.3 Å². The Morgan fingerprint density at radius 1 is 1.12 bits per heavy atom. The van der Waals surface area contributed by atoms with Crippen molar-refractivity contribution in [1.29, 1.82) is 0 Å². The summed E-state index contributed by atoms with van der Waals surface area (Å²) in [5.74, 6) is -4.93. The number of aliphatic carboxylic acids is 1. The summed E-state index contributed by atoms with van der Waals surface area (Å²) in [6, 6.07) is 9.52. The van der Waals surface area contributed by atoms with Gasteiger partial charge < -0.3 is 24.4 Å². The van der Waals surface area contributed by atoms with E-state index >= 15 is 0 Å². The number of carboxylic acids is 1. The quantitative estimate of drug-likeness (QED) is 0.0920. The number of ether oxygens (including phenoxy) is 3. The number of fused-ring (bicyclic) bond motifs is 2. The Hall–Kier alpha value is -3.53. The topological polar surface area (TPSA) is 153 Å². The van der Waals surface area contributed by atoms with Crippen molar-refractivity contribution < 1.29 is 48.4 Å². The van der Waals surface area contributed by atoms with E-state index < -0.39 is 64.7 Å². The molecule has 4 unspecified atom stereocenters. The van der Waals surface area contributed by atoms with Crippen LogP contribution < -0.4 is 0 Å². The number of methoxy groups -OCH3 is 1. The smallest absolute Gasteiger partial charge is 0.330 e. The van der Waals surface area contributed by atoms with Crippen LogP contribution in [-0.4, -0.2) is 65.3 Å². The number of rotatable bonds is 16. The molecule has 2 aliphatic carbocycles. The highest BCUT2D eigenvalue weighted by Crippen LogP contribution is 2.60. The van der Waals surface area contributed by atoms with Crippen LogP contribution in [0.25, 0.3) is 0 Å². The molecule has 1 aromatic carbocycles. The van der Waals surface area contributed by atoms with Gasteiger partial charge in [0.1, 0.15) is 6.10 Å². The average molecular weight is 601 g/mol. The standard InChI is InChI=1S/C33H44O10/c1-4-5-6-7-11-14-27(36)43-29-28(37)32(20-18-26(35)33(29,21-32)31(39)40)19-17-24(30(38)41-3)25(42-22(2)34)16-15-23-12-9-8-10-13-23/h8-14,24-25,28-29,37H,4-7,15-21H2,1-3H3,(H,39,40)/t24?,25?,28-,29+,32?,33?/m0/s1. The van der Waals surface area contributed by atoms with Crippen LogP contribution in [0.4, 0.5) is 0 Å². The van der Waals surface area contributed by atoms with E-state index in [4.69, 9.17) is 14.2 Å². The molecular weight excluding hydrogens is 556 g/mol. The molecule has 2 fully saturated rings. The fourth-order valence-corrected chi connectivity index (χ4v) is 6.69. The molecule has 6 atom stereocenters. The van der Waals surface area contributed by atoms with Gasteiger partial charge in [0.15, 0.2) is 17.3 Å². The molecule has 0 saturated heterocycles. The zero-order chi connectivity index (χ0) is 31.6. The minimum absolute atomic E-state index is 0.0956. The number of Topliss-reactive ketones (excluding diaryl/α,β-unsaturated/α-hetero) is 1. The number of esters is 3. The van der Waals surface area contributed by atoms with Crippen molar-refractivity contribution in [3.63, 3.8) is 0 Å². The SMILES string of the molecule is CCCCCC=CC(=O)O[C@@H]1[C@H](O)C2(CCC(C(=O)OC)C(CCc3ccccc3)OC(C)=O)CCC(=O)C1(C(=O)O)C2. The average Bonchev–Trinajstić information content (AvgIpc) is 3.19. The molecular formula is C33H44O10. The second-order valence-corrected chi connectivity index (χ2v) is 11.8. The van der Waals surface area contributed by atoms with Crippen molar-refractivity contribution in [2.24, 2.45) is 16.7 Å². The van der Waals surface area contributed by atoms with Crippen molar-refractivity contribution >= 4 is 29.7 Å². The lowest BCUT2D eigenvalue weighted by Crippen LogP contribution is -2.50. The second kappa shape index (κ2) is 15.3. The highest BCUT2D eigenvalue weighted by molar-refractivity contribution is 6.05. The van der Waals surface area contributed by atoms with E-state index in [0.717, 1.165) is 24.8 Å². The molecule has 43 heavy (non-hydrogen) atoms. The van der Waals surface area contributed by atoms with Gasteiger partial charge in [-0.2, -0.15) is 0 Å². The summed E-state index contributed by atoms with van der Waals surface area (Å²) in [7, 11) is 1.24. The number of unbranched alkanes of at least 4 members (excludes halogenated alkanes) is 3. The van der Waals surface area contributed by atoms with Crippen molar-refractivity contribution in [3.05, 3.63) is 48.0 Å². The summed E-state index contributed by atoms with van der Waals surface area (Å²) in [6.07, 6.45) is 3.43. The number of carbonyl (C=O) groups excluding carboxylic acids is 4. The zero-order valence-corrected chi connectivity index (χ0v) is 25.3. The highest BCUT2D eigenvalue weighted by Gasteiger charge is 2.71. The Balaban J connectivity index is 1.84. The monoisotopic (exact) mass is 600 g/mol. The van der Waals surface area contributed by atoms with Gasteiger partial charge in [-0.05, 0) is 56.9 Å². The van der Waals surface area contributed by atoms with E-state index in [1.807, 2.05) is 30.3 Å². The minimum Gasteiger partial charge on any atom is -0.480 e. The molecule has 0 aromatic heterocycles. The third kappa shape index (κ3) is 7.90. The molecule has 0 radical (unpaired) electrons. The third-order valence-corrected chi connectivity index (χ3v) is 9.01. The lowest BCUT2D eigenvalue weighted by molar-refractivity contribution is -0.172. The number of ketones is 1. The van der Waals surface area contributed by atoms with Crippen LogP contribution in [-0.2, 0) is 44.6 Å². The fourth-order valence-electron chi connectivity index (χ4n) is 6.69. The van der Waals surface area contributed by atoms with E-state index in [1.165, 1.54) is 20.1 Å². The number of benzene rings is 1. The largest absolute Gasteiger partial charge is 0.480 e. The van der Waals surface area contributed by atoms with Gasteiger partial charge >= 0.3 is 23.9 Å². The van der Waals surface area contributed by atoms with Crippen LogP contribution in [0, 0.1) is 16.7 Å². The van der Waals surface area contributed by atoms with Crippen molar-refractivity contribution in [2.45, 2.75) is 103 Å². The predicted octanol–water partition coefficient (Wildman–Crippen LogP) is 4.35. The van der Waals surface area contributed by atoms with Gasteiger partial charge in [-0.15, -0.1) is 0 Å². The molecule has 0 aliphatic heterocycles. The first-order valence-electron chi connectivity index (χ1n) is 15.1. The molecule has 0 spiro atoms. The van der Waals surface area contributed by atoms with Crippen LogP contribution in [0.5, 0.6) is 0 Å². The Kier molecular flexibility index (Phi) is 12.1. The van der Waals surface area contributed by atoms with E-state index in [9.17, 15) is 34.2 Å². The number of aryl methyl sites for hydroxylation is 1. The summed E-state index contributed by atoms with van der Waals surface area (Å²) < 4.78 is 16.2. The number of aliphatic hydroxyl groups is 1. The van der Waals surface area contributed by atoms with Gasteiger partial charge in [0.2, 0.25) is 0 Å². The van der Waals surface area contributed by atoms with Gasteiger partial charge in [0.25, 0.3) is 0 Å². The van der Waals surface area contributed by atoms with Gasteiger partial charge in [-0.3, -0.25) is 19.2 Å². The Morgan fingerprint density at radius 3 is 2.47 bits per heavy atom. The molecule has 236 valence electrons. The molecule has 10 nitrogen and oxygen atoms in total. The molecule has 2 saturated carbocycles. The Bertz CT molecular complexity index is 1180. The molecule has 3 rings (SSSR count). The zero-order valence-electron chi connectivity index (χ0n) is 25.3. The summed E-state index contributed by atoms with van der Waals surface area (Å²) in [5, 5.41) is 21.8. The maximum atomic E-state index is 13.1. The van der Waals surface area contributed by atoms with Gasteiger partial charge in [-0.25, -0.2) is 4.79 Å². The first-order valence-corrected chi connectivity index (χ1v) is 15.1. The number of hydrogen-bond acceptors (Lipinski definition) is 9. The van der Waals surface area contributed by atoms with Crippen molar-refractivity contribution in [3.8, 4) is 0 Å². The van der Waals surface area contributed by atoms with Crippen LogP contribution in [0.3, 0.4) is 0 Å². The minimum atomic E-state index is -2.09. The van der Waals surface area contributed by atoms with Gasteiger partial charge in [0, 0.05) is 24.8 Å². The predicted molar refractivity (Wildman–Crippen MR) is 156 cm³/mol. The first-order chi connectivity index (χ1) is 20.5. The molecule has 2 bridgehead atoms. The number of aliphatic hydroxyl groups excluding tert-OH is 1. The van der Waals surface area contributed by atoms with Crippen molar-refractivity contribution in [1.82, 2.24) is 0 Å². The molecule has 2 aliphatic rings. The van der Waals surface area contributed by atoms with E-state index in [-0.39, 0.29) is 32.1 Å². The maximum absolute atomic E-state index is 13.1. The number of hydrogen-bond donors (Lipinski definition) is 2. The summed E-state index contributed by atoms with van der Waals surface area (Å²) in [6.45, 7) is 3.32. The number of allylic oxidation sites excluding steroid dienone is 1. The number of carboxylic acid groups (broad SMARTS) is 1. The highest BCUT2D eigenvalue weighted by atomic mass is 16.6. The first kappa shape index (κ1) is 34.0. The fraction of sp³-hybridized carbons (Fsp3) is 0.606. The molecule has 0 amide bonds. The molecule has 2 N–H and O–H groups in total. The lowest BCUT2D eigenvalue weighted by atomic mass is 9.65. The van der Waals surface area contributed by atoms with Crippen LogP contribution in [0.15, 0.2) is 42.5 Å². The summed E-state index contributed by atoms with van der Waals surface area (Å²) in [5.41, 5.74) is -2.21. The Labute approximate surface area is 252 Å². The Morgan fingerprint density at radius 2 is 1.84 bits per heavy atom. The summed E-state index contributed by atoms with van der Waals surface area (Å²) in [4.78, 5) is 63.5. The van der Waals surface area contributed by atoms with Crippen molar-refractivity contribution in [2.75, 3.05) is 7.11 Å². The summed E-state index contributed by atoms with van der Waals surface area (Å²) >= 11 is 0. The maximum Gasteiger partial charge on any atom is 0.330 e. The normalized spacial score (nSPS) is 26.1. The molecule has 1 aromatic rings. The number of carbonyl (C=O) groups is 5. The van der Waals surface area contributed by atoms with Crippen LogP contribution >= 0.6 is 0 Å². The van der Waals surface area contributed by atoms with Crippen LogP contribution in [0.2, 0.25) is 0 Å². The van der Waals surface area contributed by atoms with E-state index in [2.05, 4.69) is 6.92 Å².